The topological polar surface area (TPSA) is 52.6 Å². The molecule has 0 aliphatic rings. The third kappa shape index (κ3) is 2.54. The lowest BCUT2D eigenvalue weighted by Crippen LogP contribution is -2.04. The Labute approximate surface area is 93.7 Å². The van der Waals surface area contributed by atoms with Crippen molar-refractivity contribution in [3.8, 4) is 11.5 Å². The fraction of sp³-hybridized carbons (Fsp3) is 0.333. The molecule has 15 heavy (non-hydrogen) atoms. The van der Waals surface area contributed by atoms with Crippen LogP contribution in [-0.2, 0) is 9.84 Å². The van der Waals surface area contributed by atoms with E-state index in [0.29, 0.717) is 5.75 Å². The number of alkyl halides is 1. The second-order valence-electron chi connectivity index (χ2n) is 2.74. The van der Waals surface area contributed by atoms with E-state index < -0.39 is 15.0 Å². The molecule has 0 atom stereocenters. The molecule has 0 aromatic heterocycles. The summed E-state index contributed by atoms with van der Waals surface area (Å²) >= 11 is 5.36. The second kappa shape index (κ2) is 4.72. The van der Waals surface area contributed by atoms with Gasteiger partial charge >= 0.3 is 0 Å². The molecule has 0 radical (unpaired) electrons. The molecule has 4 nitrogen and oxygen atoms in total. The van der Waals surface area contributed by atoms with Crippen LogP contribution in [0.4, 0.5) is 0 Å². The monoisotopic (exact) mass is 250 g/mol. The Balaban J connectivity index is 3.31. The number of halogens is 1. The highest BCUT2D eigenvalue weighted by atomic mass is 35.5. The zero-order valence-corrected chi connectivity index (χ0v) is 9.93. The Kier molecular flexibility index (Phi) is 3.82. The van der Waals surface area contributed by atoms with Gasteiger partial charge in [0, 0.05) is 6.07 Å². The summed E-state index contributed by atoms with van der Waals surface area (Å²) in [7, 11) is -0.600. The minimum absolute atomic E-state index is 0.0702. The number of hydrogen-bond donors (Lipinski definition) is 0. The van der Waals surface area contributed by atoms with Crippen LogP contribution in [0.1, 0.15) is 0 Å². The van der Waals surface area contributed by atoms with Gasteiger partial charge in [0.15, 0.2) is 9.84 Å². The first kappa shape index (κ1) is 12.1. The standard InChI is InChI=1S/C9H11ClO4S/c1-13-7-3-4-9(8(5-7)14-2)15(11,12)6-10/h3-5H,6H2,1-2H3. The average molecular weight is 251 g/mol. The van der Waals surface area contributed by atoms with E-state index in [1.165, 1.54) is 26.4 Å². The maximum Gasteiger partial charge on any atom is 0.195 e. The van der Waals surface area contributed by atoms with Crippen LogP contribution in [0.5, 0.6) is 11.5 Å². The number of methoxy groups -OCH3 is 2. The molecule has 0 heterocycles. The summed E-state index contributed by atoms with van der Waals surface area (Å²) in [5, 5.41) is -0.476. The summed E-state index contributed by atoms with van der Waals surface area (Å²) in [6.45, 7) is 0. The van der Waals surface area contributed by atoms with Gasteiger partial charge in [0.2, 0.25) is 0 Å². The number of hydrogen-bond acceptors (Lipinski definition) is 4. The van der Waals surface area contributed by atoms with E-state index in [0.717, 1.165) is 0 Å². The molecule has 1 rings (SSSR count). The van der Waals surface area contributed by atoms with Crippen molar-refractivity contribution in [2.75, 3.05) is 19.4 Å². The van der Waals surface area contributed by atoms with Crippen LogP contribution in [0.15, 0.2) is 23.1 Å². The number of benzene rings is 1. The van der Waals surface area contributed by atoms with Crippen molar-refractivity contribution in [1.82, 2.24) is 0 Å². The zero-order chi connectivity index (χ0) is 11.5. The van der Waals surface area contributed by atoms with E-state index in [4.69, 9.17) is 21.1 Å². The van der Waals surface area contributed by atoms with Gasteiger partial charge in [0.05, 0.1) is 14.2 Å². The fourth-order valence-electron chi connectivity index (χ4n) is 1.09. The first-order chi connectivity index (χ1) is 7.05. The third-order valence-electron chi connectivity index (χ3n) is 1.85. The van der Waals surface area contributed by atoms with Crippen molar-refractivity contribution >= 4 is 21.4 Å². The van der Waals surface area contributed by atoms with Gasteiger partial charge in [-0.25, -0.2) is 8.42 Å². The summed E-state index contributed by atoms with van der Waals surface area (Å²) in [6.07, 6.45) is 0. The minimum Gasteiger partial charge on any atom is -0.497 e. The van der Waals surface area contributed by atoms with Gasteiger partial charge in [0.25, 0.3) is 0 Å². The summed E-state index contributed by atoms with van der Waals surface area (Å²) in [5.41, 5.74) is 0. The van der Waals surface area contributed by atoms with E-state index in [-0.39, 0.29) is 10.6 Å². The minimum atomic E-state index is -3.48. The fourth-order valence-corrected chi connectivity index (χ4v) is 2.28. The largest absolute Gasteiger partial charge is 0.497 e. The molecular weight excluding hydrogens is 240 g/mol. The van der Waals surface area contributed by atoms with E-state index in [9.17, 15) is 8.42 Å². The summed E-state index contributed by atoms with van der Waals surface area (Å²) < 4.78 is 33.0. The molecule has 0 amide bonds. The van der Waals surface area contributed by atoms with Gasteiger partial charge in [-0.05, 0) is 12.1 Å². The van der Waals surface area contributed by atoms with Crippen LogP contribution >= 0.6 is 11.6 Å². The van der Waals surface area contributed by atoms with Gasteiger partial charge in [-0.15, -0.1) is 11.6 Å². The first-order valence-electron chi connectivity index (χ1n) is 4.06. The molecule has 0 aliphatic carbocycles. The van der Waals surface area contributed by atoms with Crippen molar-refractivity contribution in [2.45, 2.75) is 4.90 Å². The van der Waals surface area contributed by atoms with Gasteiger partial charge in [-0.1, -0.05) is 0 Å². The summed E-state index contributed by atoms with van der Waals surface area (Å²) in [5.74, 6) is 0.760. The van der Waals surface area contributed by atoms with Gasteiger partial charge in [0.1, 0.15) is 21.6 Å². The molecular formula is C9H11ClO4S. The quantitative estimate of drug-likeness (QED) is 0.763. The highest BCUT2D eigenvalue weighted by Crippen LogP contribution is 2.29. The predicted octanol–water partition coefficient (Wildman–Crippen LogP) is 1.67. The van der Waals surface area contributed by atoms with Gasteiger partial charge in [-0.2, -0.15) is 0 Å². The number of sulfone groups is 1. The smallest absolute Gasteiger partial charge is 0.195 e. The molecule has 0 saturated carbocycles. The molecule has 1 aromatic carbocycles. The van der Waals surface area contributed by atoms with E-state index in [1.54, 1.807) is 6.07 Å². The molecule has 0 fully saturated rings. The Morgan fingerprint density at radius 2 is 1.93 bits per heavy atom. The highest BCUT2D eigenvalue weighted by Gasteiger charge is 2.18. The molecule has 0 aliphatic heterocycles. The van der Waals surface area contributed by atoms with Gasteiger partial charge in [-0.3, -0.25) is 0 Å². The van der Waals surface area contributed by atoms with Crippen LogP contribution in [0.2, 0.25) is 0 Å². The van der Waals surface area contributed by atoms with Crippen molar-refractivity contribution in [3.05, 3.63) is 18.2 Å². The summed E-state index contributed by atoms with van der Waals surface area (Å²) in [6, 6.07) is 4.46. The molecule has 0 spiro atoms. The predicted molar refractivity (Wildman–Crippen MR) is 57.5 cm³/mol. The summed E-state index contributed by atoms with van der Waals surface area (Å²) in [4.78, 5) is 0.0702. The van der Waals surface area contributed by atoms with Crippen molar-refractivity contribution in [1.29, 1.82) is 0 Å². The van der Waals surface area contributed by atoms with Crippen LogP contribution in [0.3, 0.4) is 0 Å². The Hall–Kier alpha value is -0.940. The van der Waals surface area contributed by atoms with Crippen LogP contribution in [0, 0.1) is 0 Å². The highest BCUT2D eigenvalue weighted by molar-refractivity contribution is 7.92. The Bertz CT molecular complexity index is 441. The molecule has 84 valence electrons. The molecule has 0 bridgehead atoms. The maximum atomic E-state index is 11.5. The lowest BCUT2D eigenvalue weighted by Gasteiger charge is -2.09. The molecule has 0 saturated heterocycles. The van der Waals surface area contributed by atoms with Crippen molar-refractivity contribution < 1.29 is 17.9 Å². The second-order valence-corrected chi connectivity index (χ2v) is 5.28. The zero-order valence-electron chi connectivity index (χ0n) is 8.36. The van der Waals surface area contributed by atoms with E-state index in [2.05, 4.69) is 0 Å². The first-order valence-corrected chi connectivity index (χ1v) is 6.24. The van der Waals surface area contributed by atoms with Crippen molar-refractivity contribution in [3.63, 3.8) is 0 Å². The van der Waals surface area contributed by atoms with E-state index in [1.807, 2.05) is 0 Å². The van der Waals surface area contributed by atoms with Crippen LogP contribution < -0.4 is 9.47 Å². The number of ether oxygens (including phenoxy) is 2. The maximum absolute atomic E-state index is 11.5. The van der Waals surface area contributed by atoms with E-state index >= 15 is 0 Å². The SMILES string of the molecule is COc1ccc(S(=O)(=O)CCl)c(OC)c1. The normalized spacial score (nSPS) is 11.1. The van der Waals surface area contributed by atoms with Crippen LogP contribution in [-0.4, -0.2) is 27.8 Å². The Morgan fingerprint density at radius 1 is 1.27 bits per heavy atom. The lowest BCUT2D eigenvalue weighted by molar-refractivity contribution is 0.386. The molecule has 1 aromatic rings. The third-order valence-corrected chi connectivity index (χ3v) is 4.01. The lowest BCUT2D eigenvalue weighted by atomic mass is 10.3. The molecule has 0 unspecified atom stereocenters. The molecule has 6 heteroatoms. The average Bonchev–Trinajstić information content (AvgIpc) is 2.28. The van der Waals surface area contributed by atoms with Gasteiger partial charge < -0.3 is 9.47 Å². The van der Waals surface area contributed by atoms with Crippen molar-refractivity contribution in [2.24, 2.45) is 0 Å². The molecule has 0 N–H and O–H groups in total. The number of rotatable bonds is 4. The Morgan fingerprint density at radius 3 is 2.40 bits per heavy atom. The van der Waals surface area contributed by atoms with Crippen LogP contribution in [0.25, 0.3) is 0 Å².